The average molecular weight is 584 g/mol. The summed E-state index contributed by atoms with van der Waals surface area (Å²) in [6, 6.07) is 10.9. The quantitative estimate of drug-likeness (QED) is 0.339. The van der Waals surface area contributed by atoms with Crippen LogP contribution in [0.1, 0.15) is 100 Å². The Kier molecular flexibility index (Phi) is 9.22. The van der Waals surface area contributed by atoms with Gasteiger partial charge in [-0.15, -0.1) is 0 Å². The number of rotatable bonds is 9. The zero-order valence-corrected chi connectivity index (χ0v) is 24.9. The number of benzene rings is 2. The molecule has 0 aromatic heterocycles. The maximum atomic E-state index is 14.4. The van der Waals surface area contributed by atoms with Crippen molar-refractivity contribution in [3.63, 3.8) is 0 Å². The molecule has 4 rings (SSSR count). The summed E-state index contributed by atoms with van der Waals surface area (Å²) < 4.78 is 14.4. The number of nitrogens with one attached hydrogen (secondary N) is 1. The van der Waals surface area contributed by atoms with E-state index >= 15 is 0 Å². The molecule has 1 aliphatic carbocycles. The maximum absolute atomic E-state index is 14.4. The topological polar surface area (TPSA) is 99.1 Å². The average Bonchev–Trinajstić information content (AvgIpc) is 3.17. The van der Waals surface area contributed by atoms with E-state index in [4.69, 9.17) is 21.7 Å². The first-order chi connectivity index (χ1) is 19.3. The van der Waals surface area contributed by atoms with Crippen LogP contribution in [0.25, 0.3) is 0 Å². The molecule has 7 nitrogen and oxygen atoms in total. The Morgan fingerprint density at radius 2 is 1.83 bits per heavy atom. The van der Waals surface area contributed by atoms with Crippen molar-refractivity contribution in [1.29, 1.82) is 0 Å². The minimum atomic E-state index is -0.981. The Hall–Kier alpha value is -3.26. The summed E-state index contributed by atoms with van der Waals surface area (Å²) in [6.07, 6.45) is 4.59. The van der Waals surface area contributed by atoms with Gasteiger partial charge < -0.3 is 15.3 Å². The van der Waals surface area contributed by atoms with Crippen LogP contribution in [0.2, 0.25) is 5.02 Å². The first kappa shape index (κ1) is 30.7. The number of hydrogen-bond donors (Lipinski definition) is 2. The summed E-state index contributed by atoms with van der Waals surface area (Å²) in [4.78, 5) is 44.5. The monoisotopic (exact) mass is 583 g/mol. The molecule has 0 saturated heterocycles. The predicted octanol–water partition coefficient (Wildman–Crippen LogP) is 6.79. The highest BCUT2D eigenvalue weighted by Gasteiger charge is 2.52. The molecule has 1 spiro atoms. The van der Waals surface area contributed by atoms with Crippen LogP contribution in [-0.4, -0.2) is 45.7 Å². The van der Waals surface area contributed by atoms with E-state index in [1.165, 1.54) is 12.1 Å². The summed E-state index contributed by atoms with van der Waals surface area (Å²) in [5.41, 5.74) is 1.29. The first-order valence-corrected chi connectivity index (χ1v) is 14.7. The van der Waals surface area contributed by atoms with Crippen LogP contribution in [0.15, 0.2) is 47.5 Å². The van der Waals surface area contributed by atoms with E-state index in [0.29, 0.717) is 36.3 Å². The van der Waals surface area contributed by atoms with Crippen molar-refractivity contribution in [1.82, 2.24) is 10.2 Å². The van der Waals surface area contributed by atoms with Gasteiger partial charge in [0.05, 0.1) is 12.5 Å². The third-order valence-electron chi connectivity index (χ3n) is 8.39. The largest absolute Gasteiger partial charge is 0.481 e. The van der Waals surface area contributed by atoms with E-state index in [-0.39, 0.29) is 47.0 Å². The SMILES string of the molecule is CCC[C@H](c1ccc(C(=O)NCCC(=O)O)cc1)N1C(=O)C(c2cc(F)cc(Cl)c2)=NC12CCC(C(C)(C)C)CC2. The van der Waals surface area contributed by atoms with Crippen molar-refractivity contribution in [2.75, 3.05) is 6.54 Å². The second kappa shape index (κ2) is 12.3. The second-order valence-electron chi connectivity index (χ2n) is 12.2. The van der Waals surface area contributed by atoms with Crippen molar-refractivity contribution in [2.24, 2.45) is 16.3 Å². The summed E-state index contributed by atoms with van der Waals surface area (Å²) >= 11 is 6.17. The van der Waals surface area contributed by atoms with Crippen LogP contribution in [0, 0.1) is 17.2 Å². The summed E-state index contributed by atoms with van der Waals surface area (Å²) in [6.45, 7) is 8.84. The Morgan fingerprint density at radius 1 is 1.17 bits per heavy atom. The molecule has 0 radical (unpaired) electrons. The molecule has 2 aliphatic rings. The fraction of sp³-hybridized carbons (Fsp3) is 0.500. The summed E-state index contributed by atoms with van der Waals surface area (Å²) in [7, 11) is 0. The van der Waals surface area contributed by atoms with Gasteiger partial charge in [0, 0.05) is 22.7 Å². The van der Waals surface area contributed by atoms with Crippen LogP contribution in [-0.2, 0) is 9.59 Å². The van der Waals surface area contributed by atoms with E-state index in [9.17, 15) is 18.8 Å². The number of aliphatic imine (C=N–C) groups is 1. The number of carbonyl (C=O) groups excluding carboxylic acids is 2. The van der Waals surface area contributed by atoms with E-state index in [1.807, 2.05) is 17.0 Å². The molecule has 0 bridgehead atoms. The molecule has 1 atom stereocenters. The number of carboxylic acids is 1. The standard InChI is InChI=1S/C32H39ClFN3O4/c1-5-6-26(20-7-9-21(10-8-20)29(40)35-16-13-27(38)39)37-30(41)28(22-17-24(33)19-25(34)18-22)36-32(37)14-11-23(12-15-32)31(2,3)4/h7-10,17-19,23,26H,5-6,11-16H2,1-4H3,(H,35,40)(H,38,39)/t23?,26-,32?/m1/s1. The van der Waals surface area contributed by atoms with Gasteiger partial charge in [-0.2, -0.15) is 0 Å². The van der Waals surface area contributed by atoms with Crippen LogP contribution in [0.3, 0.4) is 0 Å². The fourth-order valence-electron chi connectivity index (χ4n) is 6.18. The van der Waals surface area contributed by atoms with Gasteiger partial charge in [-0.3, -0.25) is 19.4 Å². The van der Waals surface area contributed by atoms with Crippen LogP contribution < -0.4 is 5.32 Å². The molecule has 220 valence electrons. The highest BCUT2D eigenvalue weighted by molar-refractivity contribution is 6.47. The molecule has 1 heterocycles. The molecule has 2 aromatic carbocycles. The molecule has 2 N–H and O–H groups in total. The van der Waals surface area contributed by atoms with Crippen LogP contribution in [0.4, 0.5) is 4.39 Å². The molecular weight excluding hydrogens is 545 g/mol. The summed E-state index contributed by atoms with van der Waals surface area (Å²) in [5, 5.41) is 11.7. The lowest BCUT2D eigenvalue weighted by Crippen LogP contribution is -2.51. The lowest BCUT2D eigenvalue weighted by molar-refractivity contribution is -0.137. The Labute approximate surface area is 246 Å². The van der Waals surface area contributed by atoms with Crippen molar-refractivity contribution >= 4 is 35.1 Å². The number of amides is 2. The molecule has 2 aromatic rings. The second-order valence-corrected chi connectivity index (χ2v) is 12.7. The predicted molar refractivity (Wildman–Crippen MR) is 158 cm³/mol. The van der Waals surface area contributed by atoms with Gasteiger partial charge in [0.1, 0.15) is 17.2 Å². The van der Waals surface area contributed by atoms with E-state index in [0.717, 1.165) is 24.8 Å². The van der Waals surface area contributed by atoms with Crippen molar-refractivity contribution < 1.29 is 23.9 Å². The van der Waals surface area contributed by atoms with E-state index < -0.39 is 17.4 Å². The van der Waals surface area contributed by atoms with Crippen LogP contribution >= 0.6 is 11.6 Å². The molecule has 0 unspecified atom stereocenters. The minimum absolute atomic E-state index is 0.0406. The third-order valence-corrected chi connectivity index (χ3v) is 8.61. The lowest BCUT2D eigenvalue weighted by Gasteiger charge is -2.47. The molecular formula is C32H39ClFN3O4. The van der Waals surface area contributed by atoms with Gasteiger partial charge in [-0.25, -0.2) is 4.39 Å². The Bertz CT molecular complexity index is 1310. The Morgan fingerprint density at radius 3 is 2.39 bits per heavy atom. The van der Waals surface area contributed by atoms with E-state index in [1.54, 1.807) is 18.2 Å². The van der Waals surface area contributed by atoms with Crippen molar-refractivity contribution in [2.45, 2.75) is 84.3 Å². The van der Waals surface area contributed by atoms with Gasteiger partial charge in [0.2, 0.25) is 0 Å². The van der Waals surface area contributed by atoms with Gasteiger partial charge in [0.15, 0.2) is 0 Å². The smallest absolute Gasteiger partial charge is 0.305 e. The number of nitrogens with zero attached hydrogens (tertiary/aromatic N) is 2. The van der Waals surface area contributed by atoms with E-state index in [2.05, 4.69) is 33.0 Å². The normalized spacial score (nSPS) is 21.6. The zero-order chi connectivity index (χ0) is 29.9. The number of aliphatic carboxylic acids is 1. The third kappa shape index (κ3) is 6.80. The lowest BCUT2D eigenvalue weighted by atomic mass is 9.69. The van der Waals surface area contributed by atoms with Crippen molar-refractivity contribution in [3.05, 3.63) is 70.0 Å². The number of halogens is 2. The zero-order valence-electron chi connectivity index (χ0n) is 24.2. The molecule has 2 amide bonds. The molecule has 1 aliphatic heterocycles. The minimum Gasteiger partial charge on any atom is -0.481 e. The fourth-order valence-corrected chi connectivity index (χ4v) is 6.40. The molecule has 1 saturated carbocycles. The van der Waals surface area contributed by atoms with Crippen molar-refractivity contribution in [3.8, 4) is 0 Å². The number of hydrogen-bond acceptors (Lipinski definition) is 4. The van der Waals surface area contributed by atoms with Gasteiger partial charge >= 0.3 is 5.97 Å². The Balaban J connectivity index is 1.69. The molecule has 9 heteroatoms. The summed E-state index contributed by atoms with van der Waals surface area (Å²) in [5.74, 6) is -1.60. The van der Waals surface area contributed by atoms with Crippen LogP contribution in [0.5, 0.6) is 0 Å². The maximum Gasteiger partial charge on any atom is 0.305 e. The molecule has 41 heavy (non-hydrogen) atoms. The highest BCUT2D eigenvalue weighted by Crippen LogP contribution is 2.50. The van der Waals surface area contributed by atoms with Gasteiger partial charge in [-0.1, -0.05) is 57.8 Å². The first-order valence-electron chi connectivity index (χ1n) is 14.3. The van der Waals surface area contributed by atoms with Gasteiger partial charge in [0.25, 0.3) is 11.8 Å². The highest BCUT2D eigenvalue weighted by atomic mass is 35.5. The molecule has 1 fully saturated rings. The van der Waals surface area contributed by atoms with Gasteiger partial charge in [-0.05, 0) is 79.3 Å². The number of carboxylic acid groups (broad SMARTS) is 1. The number of carbonyl (C=O) groups is 3.